The lowest BCUT2D eigenvalue weighted by Crippen LogP contribution is -2.26. The van der Waals surface area contributed by atoms with Crippen molar-refractivity contribution in [2.75, 3.05) is 25.6 Å². The Morgan fingerprint density at radius 2 is 1.67 bits per heavy atom. The van der Waals surface area contributed by atoms with Crippen LogP contribution in [0.3, 0.4) is 0 Å². The third-order valence-corrected chi connectivity index (χ3v) is 3.42. The van der Waals surface area contributed by atoms with E-state index in [9.17, 15) is 5.11 Å². The molecule has 0 heterocycles. The van der Waals surface area contributed by atoms with Crippen molar-refractivity contribution in [3.8, 4) is 11.5 Å². The predicted octanol–water partition coefficient (Wildman–Crippen LogP) is 3.31. The van der Waals surface area contributed by atoms with Crippen molar-refractivity contribution in [1.29, 1.82) is 0 Å². The Kier molecular flexibility index (Phi) is 5.90. The van der Waals surface area contributed by atoms with Crippen molar-refractivity contribution in [2.24, 2.45) is 0 Å². The molecule has 1 atom stereocenters. The summed E-state index contributed by atoms with van der Waals surface area (Å²) in [6.45, 7) is 0.660. The van der Waals surface area contributed by atoms with E-state index in [1.54, 1.807) is 7.11 Å². The molecule has 0 radical (unpaired) electrons. The van der Waals surface area contributed by atoms with Crippen LogP contribution in [0.5, 0.6) is 11.5 Å². The van der Waals surface area contributed by atoms with Gasteiger partial charge in [-0.25, -0.2) is 0 Å². The van der Waals surface area contributed by atoms with Crippen LogP contribution < -0.4 is 14.8 Å². The third kappa shape index (κ3) is 5.28. The number of anilines is 1. The summed E-state index contributed by atoms with van der Waals surface area (Å²) in [7, 11) is 1.62. The molecule has 2 aromatic carbocycles. The largest absolute Gasteiger partial charge is 0.497 e. The average Bonchev–Trinajstić information content (AvgIpc) is 2.53. The number of hydrogen-bond acceptors (Lipinski definition) is 4. The first-order valence-corrected chi connectivity index (χ1v) is 7.41. The Labute approximate surface area is 132 Å². The first-order valence-electron chi connectivity index (χ1n) is 6.62. The van der Waals surface area contributed by atoms with Crippen LogP contribution in [0.25, 0.3) is 0 Å². The number of aliphatic hydroxyl groups is 1. The molecule has 0 spiro atoms. The summed E-state index contributed by atoms with van der Waals surface area (Å²) in [4.78, 5) is 0. The molecule has 0 aliphatic rings. The maximum atomic E-state index is 9.91. The zero-order chi connectivity index (χ0) is 15.1. The zero-order valence-corrected chi connectivity index (χ0v) is 13.3. The van der Waals surface area contributed by atoms with Crippen molar-refractivity contribution < 1.29 is 14.6 Å². The number of benzene rings is 2. The van der Waals surface area contributed by atoms with Crippen LogP contribution in [0.2, 0.25) is 0 Å². The van der Waals surface area contributed by atoms with Crippen molar-refractivity contribution in [3.05, 3.63) is 53.0 Å². The molecule has 0 aliphatic heterocycles. The van der Waals surface area contributed by atoms with Gasteiger partial charge in [0, 0.05) is 16.7 Å². The quantitative estimate of drug-likeness (QED) is 0.803. The minimum absolute atomic E-state index is 0.232. The highest BCUT2D eigenvalue weighted by atomic mass is 79.9. The van der Waals surface area contributed by atoms with Crippen molar-refractivity contribution in [3.63, 3.8) is 0 Å². The average molecular weight is 352 g/mol. The van der Waals surface area contributed by atoms with Crippen LogP contribution in [0.15, 0.2) is 53.0 Å². The summed E-state index contributed by atoms with van der Waals surface area (Å²) in [5.41, 5.74) is 0.960. The van der Waals surface area contributed by atoms with Crippen LogP contribution in [-0.2, 0) is 0 Å². The van der Waals surface area contributed by atoms with E-state index in [1.807, 2.05) is 48.5 Å². The van der Waals surface area contributed by atoms with Gasteiger partial charge in [-0.3, -0.25) is 0 Å². The lowest BCUT2D eigenvalue weighted by atomic mass is 10.3. The number of rotatable bonds is 7. The molecule has 21 heavy (non-hydrogen) atoms. The maximum Gasteiger partial charge on any atom is 0.119 e. The number of aliphatic hydroxyl groups excluding tert-OH is 1. The van der Waals surface area contributed by atoms with Crippen LogP contribution >= 0.6 is 15.9 Å². The highest BCUT2D eigenvalue weighted by molar-refractivity contribution is 9.10. The monoisotopic (exact) mass is 351 g/mol. The van der Waals surface area contributed by atoms with E-state index in [2.05, 4.69) is 21.2 Å². The predicted molar refractivity (Wildman–Crippen MR) is 87.1 cm³/mol. The van der Waals surface area contributed by atoms with E-state index in [-0.39, 0.29) is 6.61 Å². The van der Waals surface area contributed by atoms with Crippen LogP contribution in [-0.4, -0.2) is 31.5 Å². The third-order valence-electron chi connectivity index (χ3n) is 2.89. The van der Waals surface area contributed by atoms with Crippen molar-refractivity contribution >= 4 is 21.6 Å². The molecule has 0 unspecified atom stereocenters. The molecule has 0 saturated carbocycles. The first-order chi connectivity index (χ1) is 10.2. The summed E-state index contributed by atoms with van der Waals surface area (Å²) in [6, 6.07) is 15.1. The lowest BCUT2D eigenvalue weighted by molar-refractivity contribution is 0.117. The Balaban J connectivity index is 1.73. The van der Waals surface area contributed by atoms with Gasteiger partial charge >= 0.3 is 0 Å². The number of nitrogens with one attached hydrogen (secondary N) is 1. The molecule has 0 bridgehead atoms. The van der Waals surface area contributed by atoms with E-state index < -0.39 is 6.10 Å². The number of ether oxygens (including phenoxy) is 2. The van der Waals surface area contributed by atoms with Gasteiger partial charge in [0.05, 0.1) is 7.11 Å². The molecular weight excluding hydrogens is 334 g/mol. The molecule has 2 aromatic rings. The molecule has 0 amide bonds. The van der Waals surface area contributed by atoms with Crippen molar-refractivity contribution in [2.45, 2.75) is 6.10 Å². The van der Waals surface area contributed by atoms with E-state index >= 15 is 0 Å². The molecule has 112 valence electrons. The van der Waals surface area contributed by atoms with Gasteiger partial charge in [0.15, 0.2) is 0 Å². The zero-order valence-electron chi connectivity index (χ0n) is 11.8. The molecule has 0 fully saturated rings. The fraction of sp³-hybridized carbons (Fsp3) is 0.250. The fourth-order valence-electron chi connectivity index (χ4n) is 1.73. The van der Waals surface area contributed by atoms with Crippen molar-refractivity contribution in [1.82, 2.24) is 0 Å². The smallest absolute Gasteiger partial charge is 0.119 e. The molecular formula is C16H18BrNO3. The van der Waals surface area contributed by atoms with Gasteiger partial charge in [-0.2, -0.15) is 0 Å². The number of methoxy groups -OCH3 is 1. The molecule has 0 saturated heterocycles. The van der Waals surface area contributed by atoms with Gasteiger partial charge in [0.2, 0.25) is 0 Å². The summed E-state index contributed by atoms with van der Waals surface area (Å²) >= 11 is 3.38. The lowest BCUT2D eigenvalue weighted by Gasteiger charge is -2.14. The summed E-state index contributed by atoms with van der Waals surface area (Å²) in [5, 5.41) is 13.1. The van der Waals surface area contributed by atoms with Gasteiger partial charge < -0.3 is 19.9 Å². The van der Waals surface area contributed by atoms with Crippen LogP contribution in [0.4, 0.5) is 5.69 Å². The molecule has 2 rings (SSSR count). The molecule has 0 aromatic heterocycles. The standard InChI is InChI=1S/C16H18BrNO3/c1-20-15-6-8-16(9-7-15)21-11-14(19)10-18-13-4-2-12(17)3-5-13/h2-9,14,18-19H,10-11H2,1H3/t14-/m1/s1. The Hall–Kier alpha value is -1.72. The first kappa shape index (κ1) is 15.7. The van der Waals surface area contributed by atoms with Crippen LogP contribution in [0.1, 0.15) is 0 Å². The van der Waals surface area contributed by atoms with Gasteiger partial charge in [-0.05, 0) is 48.5 Å². The minimum Gasteiger partial charge on any atom is -0.497 e. The van der Waals surface area contributed by atoms with Crippen LogP contribution in [0, 0.1) is 0 Å². The van der Waals surface area contributed by atoms with E-state index in [1.165, 1.54) is 0 Å². The summed E-state index contributed by atoms with van der Waals surface area (Å²) in [6.07, 6.45) is -0.587. The molecule has 5 heteroatoms. The minimum atomic E-state index is -0.587. The molecule has 0 aliphatic carbocycles. The highest BCUT2D eigenvalue weighted by Gasteiger charge is 2.05. The topological polar surface area (TPSA) is 50.7 Å². The molecule has 2 N–H and O–H groups in total. The number of hydrogen-bond donors (Lipinski definition) is 2. The highest BCUT2D eigenvalue weighted by Crippen LogP contribution is 2.17. The Morgan fingerprint density at radius 1 is 1.05 bits per heavy atom. The van der Waals surface area contributed by atoms with Gasteiger partial charge in [0.25, 0.3) is 0 Å². The van der Waals surface area contributed by atoms with Gasteiger partial charge in [-0.1, -0.05) is 15.9 Å². The Morgan fingerprint density at radius 3 is 2.29 bits per heavy atom. The summed E-state index contributed by atoms with van der Waals surface area (Å²) in [5.74, 6) is 1.48. The maximum absolute atomic E-state index is 9.91. The number of halogens is 1. The van der Waals surface area contributed by atoms with E-state index in [0.29, 0.717) is 12.3 Å². The second kappa shape index (κ2) is 7.90. The fourth-order valence-corrected chi connectivity index (χ4v) is 1.99. The van der Waals surface area contributed by atoms with E-state index in [4.69, 9.17) is 9.47 Å². The SMILES string of the molecule is COc1ccc(OC[C@H](O)CNc2ccc(Br)cc2)cc1. The second-order valence-corrected chi connectivity index (χ2v) is 5.44. The van der Waals surface area contributed by atoms with E-state index in [0.717, 1.165) is 15.9 Å². The molecule has 4 nitrogen and oxygen atoms in total. The Bertz CT molecular complexity index is 542. The summed E-state index contributed by atoms with van der Waals surface area (Å²) < 4.78 is 11.6. The van der Waals surface area contributed by atoms with Gasteiger partial charge in [-0.15, -0.1) is 0 Å². The second-order valence-electron chi connectivity index (χ2n) is 4.53. The normalized spacial score (nSPS) is 11.8. The van der Waals surface area contributed by atoms with Gasteiger partial charge in [0.1, 0.15) is 24.2 Å².